The zero-order valence-electron chi connectivity index (χ0n) is 23.1. The second-order valence-electron chi connectivity index (χ2n) is 10.8. The third kappa shape index (κ3) is 6.60. The van der Waals surface area contributed by atoms with Gasteiger partial charge in [-0.05, 0) is 47.6 Å². The minimum Gasteiger partial charge on any atom is -0.481 e. The van der Waals surface area contributed by atoms with Crippen molar-refractivity contribution in [2.75, 3.05) is 6.61 Å². The summed E-state index contributed by atoms with van der Waals surface area (Å²) >= 11 is 0. The molecule has 0 bridgehead atoms. The van der Waals surface area contributed by atoms with E-state index < -0.39 is 42.1 Å². The maximum atomic E-state index is 13.5. The molecule has 41 heavy (non-hydrogen) atoms. The van der Waals surface area contributed by atoms with Gasteiger partial charge in [-0.1, -0.05) is 91.7 Å². The third-order valence-electron chi connectivity index (χ3n) is 8.14. The summed E-state index contributed by atoms with van der Waals surface area (Å²) in [7, 11) is 0. The van der Waals surface area contributed by atoms with Crippen LogP contribution < -0.4 is 10.6 Å². The Balaban J connectivity index is 1.27. The molecule has 4 atom stereocenters. The molecule has 1 fully saturated rings. The van der Waals surface area contributed by atoms with Gasteiger partial charge in [0, 0.05) is 12.0 Å². The Kier molecular flexibility index (Phi) is 8.99. The van der Waals surface area contributed by atoms with Gasteiger partial charge < -0.3 is 25.2 Å². The predicted molar refractivity (Wildman–Crippen MR) is 154 cm³/mol. The van der Waals surface area contributed by atoms with Crippen LogP contribution >= 0.6 is 0 Å². The van der Waals surface area contributed by atoms with E-state index in [2.05, 4.69) is 22.8 Å². The molecule has 0 spiro atoms. The molecule has 2 aliphatic rings. The second kappa shape index (κ2) is 13.0. The Morgan fingerprint density at radius 1 is 0.878 bits per heavy atom. The van der Waals surface area contributed by atoms with Crippen LogP contribution in [0.3, 0.4) is 0 Å². The highest BCUT2D eigenvalue weighted by molar-refractivity contribution is 5.87. The smallest absolute Gasteiger partial charge is 0.407 e. The van der Waals surface area contributed by atoms with Gasteiger partial charge in [-0.15, -0.1) is 0 Å². The quantitative estimate of drug-likeness (QED) is 0.314. The summed E-state index contributed by atoms with van der Waals surface area (Å²) in [6.07, 6.45) is 1.27. The largest absolute Gasteiger partial charge is 0.481 e. The van der Waals surface area contributed by atoms with Gasteiger partial charge in [-0.2, -0.15) is 0 Å². The molecule has 0 aliphatic heterocycles. The van der Waals surface area contributed by atoms with Gasteiger partial charge in [0.05, 0.1) is 18.6 Å². The minimum absolute atomic E-state index is 0.108. The van der Waals surface area contributed by atoms with Crippen molar-refractivity contribution in [3.63, 3.8) is 0 Å². The van der Waals surface area contributed by atoms with Gasteiger partial charge in [0.1, 0.15) is 12.6 Å². The Bertz CT molecular complexity index is 1330. The summed E-state index contributed by atoms with van der Waals surface area (Å²) in [4.78, 5) is 38.4. The molecule has 2 aliphatic carbocycles. The lowest BCUT2D eigenvalue weighted by Gasteiger charge is -2.32. The fourth-order valence-electron chi connectivity index (χ4n) is 5.93. The highest BCUT2D eigenvalue weighted by Crippen LogP contribution is 2.44. The fraction of sp³-hybridized carbons (Fsp3) is 0.364. The average molecular weight is 557 g/mol. The lowest BCUT2D eigenvalue weighted by Crippen LogP contribution is -2.57. The lowest BCUT2D eigenvalue weighted by atomic mass is 9.84. The average Bonchev–Trinajstić information content (AvgIpc) is 3.31. The molecular formula is C33H36N2O6. The van der Waals surface area contributed by atoms with Crippen LogP contribution in [0.5, 0.6) is 0 Å². The summed E-state index contributed by atoms with van der Waals surface area (Å²) in [5, 5.41) is 15.3. The first-order chi connectivity index (χ1) is 19.9. The van der Waals surface area contributed by atoms with Crippen molar-refractivity contribution in [1.29, 1.82) is 0 Å². The van der Waals surface area contributed by atoms with Gasteiger partial charge >= 0.3 is 12.1 Å². The number of carboxylic acid groups (broad SMARTS) is 1. The summed E-state index contributed by atoms with van der Waals surface area (Å²) in [5.74, 6) is -2.20. The van der Waals surface area contributed by atoms with Gasteiger partial charge in [0.25, 0.3) is 0 Å². The molecule has 3 aromatic carbocycles. The Morgan fingerprint density at radius 3 is 2.15 bits per heavy atom. The van der Waals surface area contributed by atoms with Crippen molar-refractivity contribution >= 4 is 18.0 Å². The molecule has 8 heteroatoms. The molecule has 0 heterocycles. The molecule has 0 aromatic heterocycles. The Morgan fingerprint density at radius 2 is 1.49 bits per heavy atom. The number of carbonyl (C=O) groups is 3. The van der Waals surface area contributed by atoms with Gasteiger partial charge in [0.15, 0.2) is 0 Å². The summed E-state index contributed by atoms with van der Waals surface area (Å²) < 4.78 is 11.7. The van der Waals surface area contributed by atoms with Crippen molar-refractivity contribution in [3.8, 4) is 11.1 Å². The van der Waals surface area contributed by atoms with Gasteiger partial charge in [-0.25, -0.2) is 4.79 Å². The van der Waals surface area contributed by atoms with E-state index in [0.717, 1.165) is 40.7 Å². The molecule has 3 N–H and O–H groups in total. The molecule has 2 amide bonds. The minimum atomic E-state index is -1.08. The van der Waals surface area contributed by atoms with Crippen LogP contribution in [0.15, 0.2) is 78.9 Å². The van der Waals surface area contributed by atoms with Crippen LogP contribution in [-0.2, 0) is 25.7 Å². The van der Waals surface area contributed by atoms with E-state index in [9.17, 15) is 19.5 Å². The number of ether oxygens (including phenoxy) is 2. The predicted octanol–water partition coefficient (Wildman–Crippen LogP) is 5.26. The summed E-state index contributed by atoms with van der Waals surface area (Å²) in [6.45, 7) is 2.07. The van der Waals surface area contributed by atoms with E-state index in [-0.39, 0.29) is 19.1 Å². The molecule has 0 radical (unpaired) electrons. The lowest BCUT2D eigenvalue weighted by molar-refractivity contribution is -0.144. The number of carboxylic acids is 1. The van der Waals surface area contributed by atoms with Crippen LogP contribution in [0.25, 0.3) is 11.1 Å². The number of benzene rings is 3. The SMILES string of the molecule is CC(OCc1ccccc1)C(NC(=O)OCC1c2ccccc2-c2ccccc21)C(=O)NC1CCCCC1C(=O)O. The van der Waals surface area contributed by atoms with E-state index in [0.29, 0.717) is 12.8 Å². The summed E-state index contributed by atoms with van der Waals surface area (Å²) in [6, 6.07) is 24.1. The van der Waals surface area contributed by atoms with E-state index in [1.54, 1.807) is 6.92 Å². The van der Waals surface area contributed by atoms with E-state index in [1.807, 2.05) is 66.7 Å². The van der Waals surface area contributed by atoms with Crippen LogP contribution in [0.1, 0.15) is 55.2 Å². The highest BCUT2D eigenvalue weighted by atomic mass is 16.5. The maximum absolute atomic E-state index is 13.5. The fourth-order valence-corrected chi connectivity index (χ4v) is 5.93. The van der Waals surface area contributed by atoms with Crippen molar-refractivity contribution in [1.82, 2.24) is 10.6 Å². The number of carbonyl (C=O) groups excluding carboxylic acids is 2. The highest BCUT2D eigenvalue weighted by Gasteiger charge is 2.36. The van der Waals surface area contributed by atoms with Crippen LogP contribution in [-0.4, -0.2) is 47.9 Å². The molecule has 5 rings (SSSR count). The number of nitrogens with one attached hydrogen (secondary N) is 2. The molecular weight excluding hydrogens is 520 g/mol. The zero-order chi connectivity index (χ0) is 28.8. The number of aliphatic carboxylic acids is 1. The van der Waals surface area contributed by atoms with Crippen molar-refractivity contribution in [2.45, 2.75) is 63.3 Å². The van der Waals surface area contributed by atoms with Gasteiger partial charge in [-0.3, -0.25) is 9.59 Å². The molecule has 4 unspecified atom stereocenters. The van der Waals surface area contributed by atoms with E-state index in [1.165, 1.54) is 0 Å². The van der Waals surface area contributed by atoms with E-state index >= 15 is 0 Å². The first-order valence-electron chi connectivity index (χ1n) is 14.2. The Labute approximate surface area is 240 Å². The topological polar surface area (TPSA) is 114 Å². The maximum Gasteiger partial charge on any atom is 0.407 e. The number of alkyl carbamates (subject to hydrolysis) is 1. The molecule has 214 valence electrons. The molecule has 8 nitrogen and oxygen atoms in total. The van der Waals surface area contributed by atoms with Crippen LogP contribution in [0.2, 0.25) is 0 Å². The normalized spacial score (nSPS) is 19.3. The third-order valence-corrected chi connectivity index (χ3v) is 8.14. The standard InChI is InChI=1S/C33H36N2O6/c1-21(40-19-22-11-3-2-4-12-22)30(31(36)34-29-18-10-9-17-27(29)32(37)38)35-33(39)41-20-28-25-15-7-5-13-23(25)24-14-6-8-16-26(24)28/h2-8,11-16,21,27-30H,9-10,17-20H2,1H3,(H,34,36)(H,35,39)(H,37,38). The molecule has 1 saturated carbocycles. The molecule has 0 saturated heterocycles. The number of amides is 2. The number of rotatable bonds is 10. The molecule has 3 aromatic rings. The second-order valence-corrected chi connectivity index (χ2v) is 10.8. The van der Waals surface area contributed by atoms with Crippen molar-refractivity contribution < 1.29 is 29.0 Å². The van der Waals surface area contributed by atoms with Crippen molar-refractivity contribution in [2.24, 2.45) is 5.92 Å². The summed E-state index contributed by atoms with van der Waals surface area (Å²) in [5.41, 5.74) is 5.35. The number of hydrogen-bond acceptors (Lipinski definition) is 5. The van der Waals surface area contributed by atoms with E-state index in [4.69, 9.17) is 9.47 Å². The Hall–Kier alpha value is -4.17. The first kappa shape index (κ1) is 28.4. The van der Waals surface area contributed by atoms with Gasteiger partial charge in [0.2, 0.25) is 5.91 Å². The first-order valence-corrected chi connectivity index (χ1v) is 14.2. The van der Waals surface area contributed by atoms with Crippen molar-refractivity contribution in [3.05, 3.63) is 95.6 Å². The number of hydrogen-bond donors (Lipinski definition) is 3. The monoisotopic (exact) mass is 556 g/mol. The van der Waals surface area contributed by atoms with Crippen LogP contribution in [0.4, 0.5) is 4.79 Å². The number of fused-ring (bicyclic) bond motifs is 3. The zero-order valence-corrected chi connectivity index (χ0v) is 23.1. The van der Waals surface area contributed by atoms with Crippen LogP contribution in [0, 0.1) is 5.92 Å².